The summed E-state index contributed by atoms with van der Waals surface area (Å²) in [5, 5.41) is 0. The summed E-state index contributed by atoms with van der Waals surface area (Å²) in [5.74, 6) is -0.233. The summed E-state index contributed by atoms with van der Waals surface area (Å²) >= 11 is 0. The molecule has 2 aliphatic carbocycles. The minimum absolute atomic E-state index is 0.0918. The lowest BCUT2D eigenvalue weighted by molar-refractivity contribution is -0.147. The fourth-order valence-electron chi connectivity index (χ4n) is 8.27. The third kappa shape index (κ3) is 25.4. The zero-order valence-electron chi connectivity index (χ0n) is 38.9. The topological polar surface area (TPSA) is 61.8 Å². The molecule has 2 aromatic rings. The lowest BCUT2D eigenvalue weighted by Gasteiger charge is -2.17. The van der Waals surface area contributed by atoms with Crippen LogP contribution in [0.3, 0.4) is 0 Å². The number of allylic oxidation sites excluding steroid dienone is 8. The molecular formula is C57H84O5. The van der Waals surface area contributed by atoms with Gasteiger partial charge in [0, 0.05) is 30.8 Å². The van der Waals surface area contributed by atoms with E-state index in [0.717, 1.165) is 70.1 Å². The van der Waals surface area contributed by atoms with Gasteiger partial charge in [-0.15, -0.1) is 0 Å². The molecule has 5 nitrogen and oxygen atoms in total. The summed E-state index contributed by atoms with van der Waals surface area (Å²) in [6.45, 7) is 3.50. The van der Waals surface area contributed by atoms with Crippen LogP contribution in [-0.2, 0) is 37.0 Å². The third-order valence-electron chi connectivity index (χ3n) is 12.6. The van der Waals surface area contributed by atoms with Gasteiger partial charge in [-0.1, -0.05) is 167 Å². The predicted octanol–water partition coefficient (Wildman–Crippen LogP) is 16.0. The van der Waals surface area contributed by atoms with Crippen LogP contribution in [0.15, 0.2) is 109 Å². The van der Waals surface area contributed by atoms with Gasteiger partial charge in [-0.2, -0.15) is 0 Å². The van der Waals surface area contributed by atoms with Crippen LogP contribution in [0.4, 0.5) is 0 Å². The Morgan fingerprint density at radius 2 is 0.919 bits per heavy atom. The van der Waals surface area contributed by atoms with Gasteiger partial charge in [0.25, 0.3) is 0 Å². The van der Waals surface area contributed by atoms with Crippen LogP contribution >= 0.6 is 0 Å². The first-order valence-electron chi connectivity index (χ1n) is 25.2. The first kappa shape index (κ1) is 50.9. The van der Waals surface area contributed by atoms with Gasteiger partial charge in [-0.25, -0.2) is 0 Å². The molecule has 2 aliphatic rings. The molecule has 0 bridgehead atoms. The van der Waals surface area contributed by atoms with Crippen molar-refractivity contribution in [3.8, 4) is 0 Å². The average molecular weight is 849 g/mol. The van der Waals surface area contributed by atoms with Crippen LogP contribution < -0.4 is 0 Å². The van der Waals surface area contributed by atoms with E-state index in [0.29, 0.717) is 23.9 Å². The van der Waals surface area contributed by atoms with Crippen molar-refractivity contribution in [3.05, 3.63) is 120 Å². The molecular weight excluding hydrogens is 765 g/mol. The average Bonchev–Trinajstić information content (AvgIpc) is 4.23. The first-order valence-corrected chi connectivity index (χ1v) is 25.2. The number of unbranched alkanes of at least 4 members (excludes halogenated alkanes) is 17. The van der Waals surface area contributed by atoms with E-state index in [4.69, 9.17) is 14.2 Å². The second-order valence-corrected chi connectivity index (χ2v) is 18.5. The zero-order chi connectivity index (χ0) is 43.7. The Labute approximate surface area is 378 Å². The highest BCUT2D eigenvalue weighted by Gasteiger charge is 2.37. The Morgan fingerprint density at radius 3 is 1.37 bits per heavy atom. The minimum Gasteiger partial charge on any atom is -0.463 e. The molecule has 0 amide bonds. The molecule has 0 aliphatic heterocycles. The number of ether oxygens (including phenoxy) is 3. The Morgan fingerprint density at radius 1 is 0.516 bits per heavy atom. The van der Waals surface area contributed by atoms with E-state index in [2.05, 4.69) is 72.9 Å². The van der Waals surface area contributed by atoms with E-state index < -0.39 is 0 Å². The minimum atomic E-state index is -0.131. The highest BCUT2D eigenvalue weighted by Crippen LogP contribution is 2.49. The quantitative estimate of drug-likeness (QED) is 0.0383. The predicted molar refractivity (Wildman–Crippen MR) is 259 cm³/mol. The van der Waals surface area contributed by atoms with Crippen molar-refractivity contribution in [1.82, 2.24) is 0 Å². The van der Waals surface area contributed by atoms with Crippen LogP contribution in [-0.4, -0.2) is 24.6 Å². The second-order valence-electron chi connectivity index (χ2n) is 18.5. The van der Waals surface area contributed by atoms with Gasteiger partial charge in [-0.3, -0.25) is 9.59 Å². The lowest BCUT2D eigenvalue weighted by atomic mass is 10.0. The highest BCUT2D eigenvalue weighted by molar-refractivity contribution is 5.69. The molecule has 1 atom stereocenters. The van der Waals surface area contributed by atoms with E-state index in [1.165, 1.54) is 128 Å². The van der Waals surface area contributed by atoms with Gasteiger partial charge in [0.1, 0.15) is 12.7 Å². The maximum atomic E-state index is 12.0. The van der Waals surface area contributed by atoms with Crippen molar-refractivity contribution in [2.45, 2.75) is 206 Å². The number of hydrogen-bond acceptors (Lipinski definition) is 5. The Kier molecular flexibility index (Phi) is 26.3. The van der Waals surface area contributed by atoms with E-state index in [1.54, 1.807) is 6.92 Å². The van der Waals surface area contributed by atoms with Crippen molar-refractivity contribution in [2.24, 2.45) is 10.8 Å². The summed E-state index contributed by atoms with van der Waals surface area (Å²) in [5.41, 5.74) is 2.95. The van der Waals surface area contributed by atoms with Crippen LogP contribution in [0.2, 0.25) is 0 Å². The number of carbonyl (C=O) groups is 2. The van der Waals surface area contributed by atoms with Crippen molar-refractivity contribution in [2.75, 3.05) is 6.61 Å². The molecule has 1 unspecified atom stereocenters. The Bertz CT molecular complexity index is 1560. The van der Waals surface area contributed by atoms with Crippen molar-refractivity contribution in [1.29, 1.82) is 0 Å². The SMILES string of the molecule is CC(=O)OC(CCCCCCCC/C=C\C1(/C=C\CCCCCOCc2ccccc2)CC1)CCCCCCCC/C=C\C1(/C=C\CCCCC(=O)OCc2ccccc2)CC1. The summed E-state index contributed by atoms with van der Waals surface area (Å²) in [6.07, 6.45) is 52.3. The number of esters is 2. The van der Waals surface area contributed by atoms with Gasteiger partial charge in [0.05, 0.1) is 6.61 Å². The van der Waals surface area contributed by atoms with Crippen LogP contribution in [0.25, 0.3) is 0 Å². The van der Waals surface area contributed by atoms with E-state index in [1.807, 2.05) is 36.4 Å². The Balaban J connectivity index is 0.895. The molecule has 62 heavy (non-hydrogen) atoms. The summed E-state index contributed by atoms with van der Waals surface area (Å²) < 4.78 is 16.9. The van der Waals surface area contributed by atoms with Gasteiger partial charge < -0.3 is 14.2 Å². The molecule has 0 aromatic heterocycles. The molecule has 0 saturated heterocycles. The van der Waals surface area contributed by atoms with Crippen molar-refractivity contribution < 1.29 is 23.8 Å². The van der Waals surface area contributed by atoms with E-state index in [9.17, 15) is 9.59 Å². The van der Waals surface area contributed by atoms with Crippen LogP contribution in [0.5, 0.6) is 0 Å². The van der Waals surface area contributed by atoms with Crippen molar-refractivity contribution in [3.63, 3.8) is 0 Å². The lowest BCUT2D eigenvalue weighted by Crippen LogP contribution is -2.16. The number of hydrogen-bond donors (Lipinski definition) is 0. The molecule has 2 aromatic carbocycles. The maximum absolute atomic E-state index is 12.0. The molecule has 2 fully saturated rings. The zero-order valence-corrected chi connectivity index (χ0v) is 38.9. The van der Waals surface area contributed by atoms with E-state index >= 15 is 0 Å². The summed E-state index contributed by atoms with van der Waals surface area (Å²) in [7, 11) is 0. The van der Waals surface area contributed by atoms with Crippen molar-refractivity contribution >= 4 is 11.9 Å². The smallest absolute Gasteiger partial charge is 0.306 e. The van der Waals surface area contributed by atoms with Crippen LogP contribution in [0.1, 0.15) is 198 Å². The number of benzene rings is 2. The highest BCUT2D eigenvalue weighted by atomic mass is 16.5. The number of carbonyl (C=O) groups excluding carboxylic acids is 2. The normalized spacial score (nSPS) is 15.8. The summed E-state index contributed by atoms with van der Waals surface area (Å²) in [4.78, 5) is 23.8. The van der Waals surface area contributed by atoms with Crippen LogP contribution in [0, 0.1) is 10.8 Å². The molecule has 0 N–H and O–H groups in total. The molecule has 5 heteroatoms. The fourth-order valence-corrected chi connectivity index (χ4v) is 8.27. The molecule has 0 radical (unpaired) electrons. The van der Waals surface area contributed by atoms with Gasteiger partial charge in [-0.05, 0) is 127 Å². The fraction of sp³-hybridized carbons (Fsp3) is 0.614. The largest absolute Gasteiger partial charge is 0.463 e. The molecule has 4 rings (SSSR count). The molecule has 0 spiro atoms. The molecule has 0 heterocycles. The number of rotatable bonds is 38. The third-order valence-corrected chi connectivity index (χ3v) is 12.6. The van der Waals surface area contributed by atoms with Gasteiger partial charge in [0.2, 0.25) is 0 Å². The molecule has 342 valence electrons. The summed E-state index contributed by atoms with van der Waals surface area (Å²) in [6, 6.07) is 20.3. The Hall–Kier alpha value is -3.70. The van der Waals surface area contributed by atoms with Gasteiger partial charge in [0.15, 0.2) is 0 Å². The second kappa shape index (κ2) is 32.0. The standard InChI is InChI=1S/C57H84O5/c1-51(58)62-54(37-25-11-6-2-4-8-14-28-40-56(44-45-56)42-30-16-10-18-32-48-60-49-52-33-21-19-22-34-52)38-26-12-7-3-5-9-15-29-41-57(46-47-57)43-31-17-13-27-39-55(59)61-50-53-35-23-20-24-36-53/h19-24,28-31,33-36,40-43,54H,2-18,25-27,32,37-39,44-50H2,1H3/b40-28-,41-29-,42-30-,43-31-. The monoisotopic (exact) mass is 849 g/mol. The molecule has 2 saturated carbocycles. The van der Waals surface area contributed by atoms with Gasteiger partial charge >= 0.3 is 11.9 Å². The first-order chi connectivity index (χ1) is 30.5. The van der Waals surface area contributed by atoms with E-state index in [-0.39, 0.29) is 18.0 Å². The maximum Gasteiger partial charge on any atom is 0.306 e.